The van der Waals surface area contributed by atoms with E-state index in [1.165, 1.54) is 16.4 Å². The lowest BCUT2D eigenvalue weighted by molar-refractivity contribution is -0.152. The van der Waals surface area contributed by atoms with Crippen LogP contribution in [-0.2, 0) is 19.6 Å². The van der Waals surface area contributed by atoms with E-state index in [4.69, 9.17) is 16.3 Å². The van der Waals surface area contributed by atoms with Crippen LogP contribution in [0.5, 0.6) is 0 Å². The van der Waals surface area contributed by atoms with Crippen LogP contribution >= 0.6 is 11.6 Å². The molecule has 1 saturated heterocycles. The second-order valence-electron chi connectivity index (χ2n) is 9.02. The monoisotopic (exact) mass is 492 g/mol. The first-order chi connectivity index (χ1) is 15.9. The molecule has 5 rings (SSSR count). The molecule has 1 heterocycles. The molecule has 1 amide bonds. The number of sulfonamides is 1. The number of hydrogen-bond donors (Lipinski definition) is 0. The standard InChI is InChI=1S/C24H26ClFN2O4S/c25-18-9-7-17(8-10-18)23-14-32-15-24(29)28(23)22(16-5-6-16)13-27(33(30,31)19-11-12-19)21-4-2-1-3-20(21)26/h1-4,7-10,16,19,22-23H,5-6,11-15H2. The number of amides is 1. The third kappa shape index (κ3) is 4.61. The predicted molar refractivity (Wildman–Crippen MR) is 124 cm³/mol. The van der Waals surface area contributed by atoms with Crippen LogP contribution in [0.1, 0.15) is 37.3 Å². The van der Waals surface area contributed by atoms with E-state index in [1.807, 2.05) is 12.1 Å². The van der Waals surface area contributed by atoms with E-state index in [-0.39, 0.29) is 42.7 Å². The summed E-state index contributed by atoms with van der Waals surface area (Å²) in [6, 6.07) is 12.5. The van der Waals surface area contributed by atoms with Gasteiger partial charge in [-0.3, -0.25) is 9.10 Å². The Morgan fingerprint density at radius 2 is 1.79 bits per heavy atom. The van der Waals surface area contributed by atoms with Gasteiger partial charge in [0.2, 0.25) is 15.9 Å². The first-order valence-corrected chi connectivity index (χ1v) is 13.1. The van der Waals surface area contributed by atoms with E-state index in [2.05, 4.69) is 0 Å². The summed E-state index contributed by atoms with van der Waals surface area (Å²) < 4.78 is 48.4. The van der Waals surface area contributed by atoms with Gasteiger partial charge in [-0.15, -0.1) is 0 Å². The SMILES string of the molecule is O=C1COCC(c2ccc(Cl)cc2)N1C(CN(c1ccccc1F)S(=O)(=O)C1CC1)C1CC1. The summed E-state index contributed by atoms with van der Waals surface area (Å²) in [5.41, 5.74) is 0.916. The maximum Gasteiger partial charge on any atom is 0.249 e. The molecule has 0 N–H and O–H groups in total. The van der Waals surface area contributed by atoms with Crippen molar-refractivity contribution < 1.29 is 22.3 Å². The van der Waals surface area contributed by atoms with E-state index in [0.29, 0.717) is 24.5 Å². The Labute approximate surface area is 198 Å². The first kappa shape index (κ1) is 22.6. The maximum absolute atomic E-state index is 14.8. The molecule has 3 fully saturated rings. The fourth-order valence-electron chi connectivity index (χ4n) is 4.60. The molecule has 2 unspecified atom stereocenters. The van der Waals surface area contributed by atoms with Gasteiger partial charge >= 0.3 is 0 Å². The Kier molecular flexibility index (Phi) is 6.09. The average Bonchev–Trinajstić information content (AvgIpc) is 3.69. The van der Waals surface area contributed by atoms with Crippen LogP contribution in [0.2, 0.25) is 5.02 Å². The van der Waals surface area contributed by atoms with Crippen molar-refractivity contribution in [2.24, 2.45) is 5.92 Å². The van der Waals surface area contributed by atoms with Gasteiger partial charge in [0, 0.05) is 5.02 Å². The molecular weight excluding hydrogens is 467 g/mol. The molecule has 2 aliphatic carbocycles. The van der Waals surface area contributed by atoms with Crippen LogP contribution in [0.25, 0.3) is 0 Å². The molecule has 33 heavy (non-hydrogen) atoms. The number of ether oxygens (including phenoxy) is 1. The van der Waals surface area contributed by atoms with Gasteiger partial charge in [-0.2, -0.15) is 0 Å². The normalized spacial score (nSPS) is 22.3. The minimum Gasteiger partial charge on any atom is -0.369 e. The van der Waals surface area contributed by atoms with Crippen molar-refractivity contribution in [1.82, 2.24) is 4.90 Å². The molecule has 0 radical (unpaired) electrons. The summed E-state index contributed by atoms with van der Waals surface area (Å²) >= 11 is 6.06. The Morgan fingerprint density at radius 1 is 1.09 bits per heavy atom. The summed E-state index contributed by atoms with van der Waals surface area (Å²) in [6.45, 7) is 0.286. The summed E-state index contributed by atoms with van der Waals surface area (Å²) in [6.07, 6.45) is 2.95. The number of hydrogen-bond acceptors (Lipinski definition) is 4. The number of rotatable bonds is 8. The van der Waals surface area contributed by atoms with Gasteiger partial charge in [0.25, 0.3) is 0 Å². The van der Waals surface area contributed by atoms with Gasteiger partial charge in [-0.05, 0) is 61.4 Å². The van der Waals surface area contributed by atoms with Gasteiger partial charge in [-0.1, -0.05) is 35.9 Å². The average molecular weight is 493 g/mol. The largest absolute Gasteiger partial charge is 0.369 e. The zero-order chi connectivity index (χ0) is 23.2. The lowest BCUT2D eigenvalue weighted by atomic mass is 10.00. The van der Waals surface area contributed by atoms with Gasteiger partial charge in [-0.25, -0.2) is 12.8 Å². The molecule has 2 aromatic carbocycles. The van der Waals surface area contributed by atoms with Crippen molar-refractivity contribution >= 4 is 33.2 Å². The van der Waals surface area contributed by atoms with Crippen LogP contribution in [0.15, 0.2) is 48.5 Å². The van der Waals surface area contributed by atoms with Crippen molar-refractivity contribution in [3.05, 3.63) is 64.9 Å². The second kappa shape index (κ2) is 8.89. The molecule has 9 heteroatoms. The smallest absolute Gasteiger partial charge is 0.249 e. The van der Waals surface area contributed by atoms with Crippen molar-refractivity contribution in [3.8, 4) is 0 Å². The topological polar surface area (TPSA) is 66.9 Å². The fourth-order valence-corrected chi connectivity index (χ4v) is 6.60. The molecule has 1 aliphatic heterocycles. The van der Waals surface area contributed by atoms with Crippen LogP contribution in [0.4, 0.5) is 10.1 Å². The van der Waals surface area contributed by atoms with Crippen molar-refractivity contribution in [3.63, 3.8) is 0 Å². The van der Waals surface area contributed by atoms with E-state index >= 15 is 0 Å². The number of morpholine rings is 1. The van der Waals surface area contributed by atoms with Crippen molar-refractivity contribution in [2.75, 3.05) is 24.1 Å². The summed E-state index contributed by atoms with van der Waals surface area (Å²) in [4.78, 5) is 14.9. The molecule has 176 valence electrons. The number of carbonyl (C=O) groups is 1. The molecule has 0 spiro atoms. The fraction of sp³-hybridized carbons (Fsp3) is 0.458. The second-order valence-corrected chi connectivity index (χ2v) is 11.6. The van der Waals surface area contributed by atoms with Gasteiger partial charge < -0.3 is 9.64 Å². The lowest BCUT2D eigenvalue weighted by Gasteiger charge is -2.43. The highest BCUT2D eigenvalue weighted by atomic mass is 35.5. The molecule has 3 aliphatic rings. The zero-order valence-electron chi connectivity index (χ0n) is 18.1. The molecule has 0 aromatic heterocycles. The minimum absolute atomic E-state index is 0.0280. The highest BCUT2D eigenvalue weighted by Gasteiger charge is 2.47. The predicted octanol–water partition coefficient (Wildman–Crippen LogP) is 4.16. The summed E-state index contributed by atoms with van der Waals surface area (Å²) in [5, 5.41) is 0.0952. The van der Waals surface area contributed by atoms with Crippen molar-refractivity contribution in [2.45, 2.75) is 43.0 Å². The number of para-hydroxylation sites is 1. The van der Waals surface area contributed by atoms with Gasteiger partial charge in [0.1, 0.15) is 12.4 Å². The molecule has 0 bridgehead atoms. The van der Waals surface area contributed by atoms with Crippen LogP contribution in [0, 0.1) is 11.7 Å². The molecule has 2 aromatic rings. The van der Waals surface area contributed by atoms with Crippen LogP contribution < -0.4 is 4.31 Å². The zero-order valence-corrected chi connectivity index (χ0v) is 19.6. The molecular formula is C24H26ClFN2O4S. The first-order valence-electron chi connectivity index (χ1n) is 11.3. The number of anilines is 1. The number of benzene rings is 2. The summed E-state index contributed by atoms with van der Waals surface area (Å²) in [5.74, 6) is -0.611. The van der Waals surface area contributed by atoms with Crippen LogP contribution in [0.3, 0.4) is 0 Å². The third-order valence-corrected chi connectivity index (χ3v) is 9.16. The Hall–Kier alpha value is -2.16. The van der Waals surface area contributed by atoms with E-state index in [0.717, 1.165) is 18.4 Å². The minimum atomic E-state index is -3.74. The molecule has 2 saturated carbocycles. The molecule has 2 atom stereocenters. The Bertz CT molecular complexity index is 1140. The number of halogens is 2. The lowest BCUT2D eigenvalue weighted by Crippen LogP contribution is -2.55. The highest BCUT2D eigenvalue weighted by Crippen LogP contribution is 2.42. The van der Waals surface area contributed by atoms with E-state index in [1.54, 1.807) is 29.2 Å². The Morgan fingerprint density at radius 3 is 2.42 bits per heavy atom. The van der Waals surface area contributed by atoms with Gasteiger partial charge in [0.15, 0.2) is 0 Å². The van der Waals surface area contributed by atoms with Gasteiger partial charge in [0.05, 0.1) is 36.2 Å². The van der Waals surface area contributed by atoms with E-state index in [9.17, 15) is 17.6 Å². The summed E-state index contributed by atoms with van der Waals surface area (Å²) in [7, 11) is -3.74. The molecule has 6 nitrogen and oxygen atoms in total. The van der Waals surface area contributed by atoms with E-state index < -0.39 is 21.1 Å². The Balaban J connectivity index is 1.53. The maximum atomic E-state index is 14.8. The number of carbonyl (C=O) groups excluding carboxylic acids is 1. The van der Waals surface area contributed by atoms with Crippen LogP contribution in [-0.4, -0.2) is 50.3 Å². The van der Waals surface area contributed by atoms with Crippen molar-refractivity contribution in [1.29, 1.82) is 0 Å². The number of nitrogens with zero attached hydrogens (tertiary/aromatic N) is 2. The third-order valence-electron chi connectivity index (χ3n) is 6.63. The highest BCUT2D eigenvalue weighted by molar-refractivity contribution is 7.93. The quantitative estimate of drug-likeness (QED) is 0.555.